The van der Waals surface area contributed by atoms with Crippen molar-refractivity contribution >= 4 is 15.9 Å². The van der Waals surface area contributed by atoms with Crippen molar-refractivity contribution in [1.82, 2.24) is 10.2 Å². The van der Waals surface area contributed by atoms with Crippen LogP contribution in [-0.4, -0.2) is 36.2 Å². The second kappa shape index (κ2) is 5.91. The number of phenols is 1. The van der Waals surface area contributed by atoms with Gasteiger partial charge in [0.1, 0.15) is 5.75 Å². The van der Waals surface area contributed by atoms with Crippen LogP contribution in [0.15, 0.2) is 16.6 Å². The summed E-state index contributed by atoms with van der Waals surface area (Å²) in [6, 6.07) is 2.19. The molecule has 1 aromatic rings. The second-order valence-corrected chi connectivity index (χ2v) is 5.77. The number of hydrogen-bond acceptors (Lipinski definition) is 3. The van der Waals surface area contributed by atoms with Gasteiger partial charge in [-0.2, -0.15) is 13.2 Å². The van der Waals surface area contributed by atoms with E-state index in [9.17, 15) is 18.3 Å². The number of nitrogens with zero attached hydrogens (tertiary/aromatic N) is 1. The molecule has 2 N–H and O–H groups in total. The Morgan fingerprint density at radius 2 is 1.90 bits per heavy atom. The minimum atomic E-state index is -4.56. The van der Waals surface area contributed by atoms with Crippen molar-refractivity contribution < 1.29 is 18.3 Å². The van der Waals surface area contributed by atoms with Gasteiger partial charge in [-0.1, -0.05) is 15.9 Å². The lowest BCUT2D eigenvalue weighted by atomic mass is 10.0. The van der Waals surface area contributed by atoms with Crippen molar-refractivity contribution in [1.29, 1.82) is 0 Å². The third-order valence-corrected chi connectivity index (χ3v) is 4.02. The summed E-state index contributed by atoms with van der Waals surface area (Å²) in [4.78, 5) is 2.05. The number of alkyl halides is 3. The summed E-state index contributed by atoms with van der Waals surface area (Å²) in [7, 11) is 0. The fraction of sp³-hybridized carbons (Fsp3) is 0.538. The number of nitrogens with one attached hydrogen (secondary N) is 1. The third kappa shape index (κ3) is 3.27. The topological polar surface area (TPSA) is 35.5 Å². The van der Waals surface area contributed by atoms with E-state index in [1.54, 1.807) is 6.07 Å². The lowest BCUT2D eigenvalue weighted by molar-refractivity contribution is -0.138. The molecular formula is C13H16BrF3N2O. The summed E-state index contributed by atoms with van der Waals surface area (Å²) < 4.78 is 39.0. The zero-order valence-electron chi connectivity index (χ0n) is 11.0. The first-order valence-electron chi connectivity index (χ1n) is 6.35. The van der Waals surface area contributed by atoms with Crippen LogP contribution >= 0.6 is 15.9 Å². The van der Waals surface area contributed by atoms with E-state index in [1.807, 2.05) is 6.92 Å². The van der Waals surface area contributed by atoms with E-state index in [0.717, 1.165) is 32.2 Å². The predicted octanol–water partition coefficient (Wildman–Crippen LogP) is 3.14. The molecule has 3 nitrogen and oxygen atoms in total. The van der Waals surface area contributed by atoms with Gasteiger partial charge in [0.25, 0.3) is 0 Å². The standard InChI is InChI=1S/C13H16BrF3N2O/c1-8(19-4-2-18-3-5-19)10-6-9(14)7-11(12(10)20)13(15,16)17/h6-8,18,20H,2-5H2,1H3/t8-/m0/s1. The lowest BCUT2D eigenvalue weighted by Crippen LogP contribution is -2.44. The summed E-state index contributed by atoms with van der Waals surface area (Å²) in [5, 5.41) is 13.2. The Labute approximate surface area is 123 Å². The monoisotopic (exact) mass is 352 g/mol. The van der Waals surface area contributed by atoms with Gasteiger partial charge in [0.15, 0.2) is 0 Å². The maximum Gasteiger partial charge on any atom is 0.420 e. The Kier molecular flexibility index (Phi) is 4.61. The van der Waals surface area contributed by atoms with Crippen molar-refractivity contribution in [2.75, 3.05) is 26.2 Å². The van der Waals surface area contributed by atoms with Gasteiger partial charge in [-0.25, -0.2) is 0 Å². The summed E-state index contributed by atoms with van der Waals surface area (Å²) in [6.07, 6.45) is -4.56. The SMILES string of the molecule is C[C@@H](c1cc(Br)cc(C(F)(F)F)c1O)N1CCNCC1. The molecule has 0 spiro atoms. The molecule has 0 saturated carbocycles. The van der Waals surface area contributed by atoms with Crippen LogP contribution < -0.4 is 5.32 Å². The molecule has 0 radical (unpaired) electrons. The smallest absolute Gasteiger partial charge is 0.420 e. The van der Waals surface area contributed by atoms with Crippen molar-refractivity contribution in [3.63, 3.8) is 0 Å². The van der Waals surface area contributed by atoms with Crippen molar-refractivity contribution in [2.45, 2.75) is 19.1 Å². The van der Waals surface area contributed by atoms with Gasteiger partial charge in [-0.15, -0.1) is 0 Å². The molecule has 1 saturated heterocycles. The Bertz CT molecular complexity index is 487. The number of aromatic hydroxyl groups is 1. The Morgan fingerprint density at radius 1 is 1.30 bits per heavy atom. The van der Waals surface area contributed by atoms with E-state index in [0.29, 0.717) is 10.0 Å². The number of piperazine rings is 1. The van der Waals surface area contributed by atoms with Gasteiger partial charge in [0.05, 0.1) is 5.56 Å². The van der Waals surface area contributed by atoms with Crippen LogP contribution in [0.5, 0.6) is 5.75 Å². The molecule has 1 heterocycles. The molecule has 1 fully saturated rings. The Balaban J connectivity index is 2.38. The van der Waals surface area contributed by atoms with E-state index >= 15 is 0 Å². The fourth-order valence-corrected chi connectivity index (χ4v) is 2.90. The quantitative estimate of drug-likeness (QED) is 0.858. The fourth-order valence-electron chi connectivity index (χ4n) is 2.42. The molecule has 1 aromatic carbocycles. The maximum absolute atomic E-state index is 12.9. The molecule has 0 aliphatic carbocycles. The predicted molar refractivity (Wildman–Crippen MR) is 73.7 cm³/mol. The van der Waals surface area contributed by atoms with Crippen molar-refractivity contribution in [2.24, 2.45) is 0 Å². The molecule has 0 bridgehead atoms. The maximum atomic E-state index is 12.9. The zero-order chi connectivity index (χ0) is 14.9. The van der Waals surface area contributed by atoms with E-state index < -0.39 is 17.5 Å². The van der Waals surface area contributed by atoms with E-state index in [-0.39, 0.29) is 6.04 Å². The molecule has 0 amide bonds. The Hall–Kier alpha value is -0.790. The molecular weight excluding hydrogens is 337 g/mol. The lowest BCUT2D eigenvalue weighted by Gasteiger charge is -2.33. The van der Waals surface area contributed by atoms with Gasteiger partial charge in [-0.3, -0.25) is 4.90 Å². The number of benzene rings is 1. The first kappa shape index (κ1) is 15.6. The van der Waals surface area contributed by atoms with E-state index in [4.69, 9.17) is 0 Å². The highest BCUT2D eigenvalue weighted by Gasteiger charge is 2.36. The molecule has 112 valence electrons. The molecule has 1 atom stereocenters. The van der Waals surface area contributed by atoms with Gasteiger partial charge in [-0.05, 0) is 19.1 Å². The molecule has 7 heteroatoms. The first-order valence-corrected chi connectivity index (χ1v) is 7.14. The highest BCUT2D eigenvalue weighted by atomic mass is 79.9. The van der Waals surface area contributed by atoms with Crippen LogP contribution in [0, 0.1) is 0 Å². The third-order valence-electron chi connectivity index (χ3n) is 3.56. The van der Waals surface area contributed by atoms with Crippen LogP contribution in [0.4, 0.5) is 13.2 Å². The van der Waals surface area contributed by atoms with Crippen molar-refractivity contribution in [3.05, 3.63) is 27.7 Å². The van der Waals surface area contributed by atoms with E-state index in [2.05, 4.69) is 26.1 Å². The Morgan fingerprint density at radius 3 is 2.45 bits per heavy atom. The van der Waals surface area contributed by atoms with Crippen LogP contribution in [0.2, 0.25) is 0 Å². The first-order chi connectivity index (χ1) is 9.30. The number of rotatable bonds is 2. The minimum Gasteiger partial charge on any atom is -0.507 e. The normalized spacial score (nSPS) is 19.1. The van der Waals surface area contributed by atoms with Crippen LogP contribution in [-0.2, 0) is 6.18 Å². The number of halogens is 4. The summed E-state index contributed by atoms with van der Waals surface area (Å²) in [6.45, 7) is 4.90. The molecule has 1 aliphatic rings. The second-order valence-electron chi connectivity index (χ2n) is 4.85. The van der Waals surface area contributed by atoms with E-state index in [1.165, 1.54) is 0 Å². The molecule has 0 aromatic heterocycles. The highest BCUT2D eigenvalue weighted by molar-refractivity contribution is 9.10. The molecule has 2 rings (SSSR count). The van der Waals surface area contributed by atoms with Gasteiger partial charge in [0, 0.05) is 42.3 Å². The average molecular weight is 353 g/mol. The summed E-state index contributed by atoms with van der Waals surface area (Å²) in [5.41, 5.74) is -0.697. The van der Waals surface area contributed by atoms with Gasteiger partial charge in [0.2, 0.25) is 0 Å². The zero-order valence-corrected chi connectivity index (χ0v) is 12.6. The largest absolute Gasteiger partial charge is 0.507 e. The average Bonchev–Trinajstić information content (AvgIpc) is 2.40. The van der Waals surface area contributed by atoms with Crippen LogP contribution in [0.25, 0.3) is 0 Å². The van der Waals surface area contributed by atoms with Gasteiger partial charge >= 0.3 is 6.18 Å². The summed E-state index contributed by atoms with van der Waals surface area (Å²) in [5.74, 6) is -0.674. The van der Waals surface area contributed by atoms with Crippen molar-refractivity contribution in [3.8, 4) is 5.75 Å². The molecule has 0 unspecified atom stereocenters. The van der Waals surface area contributed by atoms with Gasteiger partial charge < -0.3 is 10.4 Å². The van der Waals surface area contributed by atoms with Crippen LogP contribution in [0.3, 0.4) is 0 Å². The highest BCUT2D eigenvalue weighted by Crippen LogP contribution is 2.42. The van der Waals surface area contributed by atoms with Crippen LogP contribution in [0.1, 0.15) is 24.1 Å². The minimum absolute atomic E-state index is 0.268. The number of hydrogen-bond donors (Lipinski definition) is 2. The number of phenolic OH excluding ortho intramolecular Hbond substituents is 1. The molecule has 20 heavy (non-hydrogen) atoms. The summed E-state index contributed by atoms with van der Waals surface area (Å²) >= 11 is 3.09. The molecule has 1 aliphatic heterocycles.